The van der Waals surface area contributed by atoms with E-state index in [0.717, 1.165) is 24.2 Å². The number of carbonyl (C=O) groups is 1. The molecule has 0 saturated carbocycles. The second kappa shape index (κ2) is 9.01. The Balaban J connectivity index is 1.92. The fourth-order valence-electron chi connectivity index (χ4n) is 3.59. The Morgan fingerprint density at radius 1 is 1.07 bits per heavy atom. The zero-order chi connectivity index (χ0) is 20.3. The standard InChI is InChI=1S/C23H31N3OS/c1-16(2)12-13-24-23(27)18-10-11-22-20(14-18)26(17(3)15-25(4)5)19-8-6-7-9-21(19)28-22/h6-11,14,16-17H,12-13,15H2,1-5H3,(H,24,27). The number of carbonyl (C=O) groups excluding carboxylic acids is 1. The lowest BCUT2D eigenvalue weighted by Crippen LogP contribution is -2.38. The van der Waals surface area contributed by atoms with Crippen molar-refractivity contribution in [2.24, 2.45) is 5.92 Å². The molecular weight excluding hydrogens is 366 g/mol. The smallest absolute Gasteiger partial charge is 0.251 e. The van der Waals surface area contributed by atoms with Gasteiger partial charge in [0.05, 0.1) is 11.4 Å². The molecule has 4 nitrogen and oxygen atoms in total. The quantitative estimate of drug-likeness (QED) is 0.712. The van der Waals surface area contributed by atoms with Crippen LogP contribution in [0.25, 0.3) is 0 Å². The number of nitrogens with one attached hydrogen (secondary N) is 1. The molecule has 0 aromatic heterocycles. The number of likely N-dealkylation sites (N-methyl/N-ethyl adjacent to an activating group) is 1. The third kappa shape index (κ3) is 4.70. The fourth-order valence-corrected chi connectivity index (χ4v) is 4.64. The first-order valence-corrected chi connectivity index (χ1v) is 10.8. The summed E-state index contributed by atoms with van der Waals surface area (Å²) in [5.41, 5.74) is 3.06. The van der Waals surface area contributed by atoms with Gasteiger partial charge in [-0.3, -0.25) is 4.79 Å². The Labute approximate surface area is 173 Å². The number of benzene rings is 2. The maximum Gasteiger partial charge on any atom is 0.251 e. The summed E-state index contributed by atoms with van der Waals surface area (Å²) in [6.45, 7) is 8.23. The monoisotopic (exact) mass is 397 g/mol. The highest BCUT2D eigenvalue weighted by Crippen LogP contribution is 2.49. The van der Waals surface area contributed by atoms with Gasteiger partial charge >= 0.3 is 0 Å². The molecule has 2 aromatic rings. The summed E-state index contributed by atoms with van der Waals surface area (Å²) in [6, 6.07) is 14.9. The molecule has 1 N–H and O–H groups in total. The first-order chi connectivity index (χ1) is 13.4. The highest BCUT2D eigenvalue weighted by Gasteiger charge is 2.28. The molecule has 0 bridgehead atoms. The Morgan fingerprint density at radius 2 is 1.79 bits per heavy atom. The maximum atomic E-state index is 12.7. The average molecular weight is 398 g/mol. The van der Waals surface area contributed by atoms with Crippen molar-refractivity contribution in [3.8, 4) is 0 Å². The zero-order valence-electron chi connectivity index (χ0n) is 17.5. The van der Waals surface area contributed by atoms with Crippen LogP contribution in [0.1, 0.15) is 37.6 Å². The van der Waals surface area contributed by atoms with Crippen LogP contribution >= 0.6 is 11.8 Å². The third-order valence-corrected chi connectivity index (χ3v) is 6.03. The molecule has 0 saturated heterocycles. The van der Waals surface area contributed by atoms with E-state index in [0.29, 0.717) is 12.5 Å². The van der Waals surface area contributed by atoms with Gasteiger partial charge in [0, 0.05) is 34.5 Å². The van der Waals surface area contributed by atoms with Crippen LogP contribution in [0.15, 0.2) is 52.3 Å². The van der Waals surface area contributed by atoms with Crippen LogP contribution in [0, 0.1) is 5.92 Å². The van der Waals surface area contributed by atoms with Crippen molar-refractivity contribution in [2.75, 3.05) is 32.1 Å². The summed E-state index contributed by atoms with van der Waals surface area (Å²) < 4.78 is 0. The van der Waals surface area contributed by atoms with E-state index < -0.39 is 0 Å². The van der Waals surface area contributed by atoms with E-state index >= 15 is 0 Å². The summed E-state index contributed by atoms with van der Waals surface area (Å²) in [5.74, 6) is 0.589. The van der Waals surface area contributed by atoms with Crippen LogP contribution in [0.4, 0.5) is 11.4 Å². The molecule has 0 spiro atoms. The molecule has 1 aliphatic rings. The lowest BCUT2D eigenvalue weighted by molar-refractivity contribution is 0.0952. The molecule has 3 rings (SSSR count). The van der Waals surface area contributed by atoms with Gasteiger partial charge in [0.25, 0.3) is 5.91 Å². The Kier molecular flexibility index (Phi) is 6.68. The van der Waals surface area contributed by atoms with E-state index in [1.165, 1.54) is 15.5 Å². The highest BCUT2D eigenvalue weighted by molar-refractivity contribution is 7.99. The SMILES string of the molecule is CC(C)CCNC(=O)c1ccc2c(c1)N(C(C)CN(C)C)c1ccccc1S2. The number of hydrogen-bond donors (Lipinski definition) is 1. The van der Waals surface area contributed by atoms with Gasteiger partial charge in [-0.15, -0.1) is 0 Å². The number of fused-ring (bicyclic) bond motifs is 2. The van der Waals surface area contributed by atoms with Crippen molar-refractivity contribution < 1.29 is 4.79 Å². The minimum absolute atomic E-state index is 0.00696. The molecule has 0 fully saturated rings. The largest absolute Gasteiger partial charge is 0.352 e. The van der Waals surface area contributed by atoms with Crippen molar-refractivity contribution >= 4 is 29.0 Å². The zero-order valence-corrected chi connectivity index (χ0v) is 18.3. The van der Waals surface area contributed by atoms with E-state index in [-0.39, 0.29) is 11.9 Å². The number of hydrogen-bond acceptors (Lipinski definition) is 4. The number of rotatable bonds is 7. The first-order valence-electron chi connectivity index (χ1n) is 10.00. The molecule has 1 unspecified atom stereocenters. The van der Waals surface area contributed by atoms with Gasteiger partial charge in [-0.2, -0.15) is 0 Å². The van der Waals surface area contributed by atoms with Crippen molar-refractivity contribution in [1.82, 2.24) is 10.2 Å². The molecule has 0 aliphatic carbocycles. The van der Waals surface area contributed by atoms with E-state index in [1.54, 1.807) is 11.8 Å². The number of anilines is 2. The maximum absolute atomic E-state index is 12.7. The van der Waals surface area contributed by atoms with Crippen LogP contribution in [-0.2, 0) is 0 Å². The molecular formula is C23H31N3OS. The number of nitrogens with zero attached hydrogens (tertiary/aromatic N) is 2. The molecule has 1 aliphatic heterocycles. The van der Waals surface area contributed by atoms with Crippen LogP contribution in [0.3, 0.4) is 0 Å². The minimum Gasteiger partial charge on any atom is -0.352 e. The second-order valence-corrected chi connectivity index (χ2v) is 9.26. The van der Waals surface area contributed by atoms with E-state index in [2.05, 4.69) is 86.4 Å². The van der Waals surface area contributed by atoms with Crippen molar-refractivity contribution in [1.29, 1.82) is 0 Å². The fraction of sp³-hybridized carbons (Fsp3) is 0.435. The molecule has 5 heteroatoms. The summed E-state index contributed by atoms with van der Waals surface area (Å²) in [6.07, 6.45) is 0.992. The van der Waals surface area contributed by atoms with Gasteiger partial charge in [-0.1, -0.05) is 37.7 Å². The summed E-state index contributed by atoms with van der Waals surface area (Å²) in [7, 11) is 4.20. The lowest BCUT2D eigenvalue weighted by Gasteiger charge is -2.38. The molecule has 1 heterocycles. The highest BCUT2D eigenvalue weighted by atomic mass is 32.2. The Hall–Kier alpha value is -1.98. The lowest BCUT2D eigenvalue weighted by atomic mass is 10.1. The van der Waals surface area contributed by atoms with Gasteiger partial charge in [-0.25, -0.2) is 0 Å². The minimum atomic E-state index is 0.00696. The number of amides is 1. The molecule has 2 aromatic carbocycles. The molecule has 1 atom stereocenters. The van der Waals surface area contributed by atoms with E-state index in [9.17, 15) is 4.79 Å². The average Bonchev–Trinajstić information content (AvgIpc) is 2.64. The van der Waals surface area contributed by atoms with Gasteiger partial charge in [0.15, 0.2) is 0 Å². The molecule has 0 radical (unpaired) electrons. The number of para-hydroxylation sites is 1. The molecule has 28 heavy (non-hydrogen) atoms. The van der Waals surface area contributed by atoms with Crippen LogP contribution in [-0.4, -0.2) is 44.0 Å². The predicted molar refractivity (Wildman–Crippen MR) is 119 cm³/mol. The summed E-state index contributed by atoms with van der Waals surface area (Å²) in [4.78, 5) is 19.7. The van der Waals surface area contributed by atoms with Crippen LogP contribution in [0.2, 0.25) is 0 Å². The Bertz CT molecular complexity index is 834. The van der Waals surface area contributed by atoms with Crippen molar-refractivity contribution in [3.63, 3.8) is 0 Å². The first kappa shape index (κ1) is 20.7. The topological polar surface area (TPSA) is 35.6 Å². The van der Waals surface area contributed by atoms with Gasteiger partial charge in [0.1, 0.15) is 0 Å². The summed E-state index contributed by atoms with van der Waals surface area (Å²) in [5, 5.41) is 3.06. The van der Waals surface area contributed by atoms with E-state index in [4.69, 9.17) is 0 Å². The van der Waals surface area contributed by atoms with Crippen molar-refractivity contribution in [2.45, 2.75) is 43.0 Å². The summed E-state index contributed by atoms with van der Waals surface area (Å²) >= 11 is 1.78. The second-order valence-electron chi connectivity index (χ2n) is 8.17. The normalized spacial score (nSPS) is 14.0. The molecule has 1 amide bonds. The van der Waals surface area contributed by atoms with Crippen molar-refractivity contribution in [3.05, 3.63) is 48.0 Å². The predicted octanol–water partition coefficient (Wildman–Crippen LogP) is 5.02. The Morgan fingerprint density at radius 3 is 2.50 bits per heavy atom. The molecule has 150 valence electrons. The third-order valence-electron chi connectivity index (χ3n) is 4.90. The van der Waals surface area contributed by atoms with E-state index in [1.807, 2.05) is 6.07 Å². The van der Waals surface area contributed by atoms with Crippen LogP contribution in [0.5, 0.6) is 0 Å². The van der Waals surface area contributed by atoms with Gasteiger partial charge < -0.3 is 15.1 Å². The van der Waals surface area contributed by atoms with Crippen LogP contribution < -0.4 is 10.2 Å². The van der Waals surface area contributed by atoms with Gasteiger partial charge in [0.2, 0.25) is 0 Å². The van der Waals surface area contributed by atoms with Gasteiger partial charge in [-0.05, 0) is 63.7 Å².